The molecule has 2 N–H and O–H groups in total. The summed E-state index contributed by atoms with van der Waals surface area (Å²) in [7, 11) is 0. The molecule has 1 aromatic carbocycles. The van der Waals surface area contributed by atoms with Crippen LogP contribution in [0.5, 0.6) is 0 Å². The predicted molar refractivity (Wildman–Crippen MR) is 75.3 cm³/mol. The Hall–Kier alpha value is -1.36. The van der Waals surface area contributed by atoms with E-state index in [1.807, 2.05) is 0 Å². The van der Waals surface area contributed by atoms with Crippen LogP contribution in [-0.2, 0) is 17.8 Å². The van der Waals surface area contributed by atoms with Gasteiger partial charge in [0.1, 0.15) is 5.82 Å². The second kappa shape index (κ2) is 4.96. The minimum absolute atomic E-state index is 0.427. The van der Waals surface area contributed by atoms with Crippen molar-refractivity contribution in [3.05, 3.63) is 39.5 Å². The van der Waals surface area contributed by atoms with Crippen LogP contribution < -0.4 is 5.73 Å². The number of fused-ring (bicyclic) bond motifs is 1. The Bertz CT molecular complexity index is 626. The van der Waals surface area contributed by atoms with Gasteiger partial charge in [-0.2, -0.15) is 0 Å². The monoisotopic (exact) mass is 295 g/mol. The summed E-state index contributed by atoms with van der Waals surface area (Å²) in [5.41, 5.74) is 8.35. The van der Waals surface area contributed by atoms with Crippen LogP contribution in [0.15, 0.2) is 18.2 Å². The van der Waals surface area contributed by atoms with E-state index in [0.29, 0.717) is 40.5 Å². The van der Waals surface area contributed by atoms with Gasteiger partial charge < -0.3 is 10.5 Å². The van der Waals surface area contributed by atoms with E-state index in [4.69, 9.17) is 33.7 Å². The summed E-state index contributed by atoms with van der Waals surface area (Å²) in [6.07, 6.45) is 0.719. The first kappa shape index (κ1) is 12.7. The van der Waals surface area contributed by atoms with E-state index in [1.165, 1.54) is 0 Å². The van der Waals surface area contributed by atoms with Crippen molar-refractivity contribution in [2.75, 3.05) is 12.3 Å². The molecule has 0 unspecified atom stereocenters. The maximum absolute atomic E-state index is 6.17. The molecule has 0 radical (unpaired) electrons. The summed E-state index contributed by atoms with van der Waals surface area (Å²) in [5, 5.41) is 1.03. The van der Waals surface area contributed by atoms with Crippen LogP contribution in [0.1, 0.15) is 11.3 Å². The topological polar surface area (TPSA) is 61.0 Å². The van der Waals surface area contributed by atoms with Crippen LogP contribution in [-0.4, -0.2) is 16.6 Å². The minimum atomic E-state index is 0.427. The fraction of sp³-hybridized carbons (Fsp3) is 0.231. The predicted octanol–water partition coefficient (Wildman–Crippen LogP) is 3.11. The number of benzene rings is 1. The lowest BCUT2D eigenvalue weighted by Gasteiger charge is -2.18. The van der Waals surface area contributed by atoms with E-state index in [0.717, 1.165) is 17.7 Å². The average molecular weight is 296 g/mol. The summed E-state index contributed by atoms with van der Waals surface area (Å²) in [5.74, 6) is 0.893. The summed E-state index contributed by atoms with van der Waals surface area (Å²) in [6, 6.07) is 5.29. The van der Waals surface area contributed by atoms with Crippen molar-refractivity contribution in [2.45, 2.75) is 13.0 Å². The van der Waals surface area contributed by atoms with Crippen molar-refractivity contribution in [3.63, 3.8) is 0 Å². The molecular formula is C13H11Cl2N3O. The van der Waals surface area contributed by atoms with Gasteiger partial charge in [0, 0.05) is 12.0 Å². The average Bonchev–Trinajstić information content (AvgIpc) is 2.38. The number of hydrogen-bond acceptors (Lipinski definition) is 4. The molecule has 1 aliphatic heterocycles. The van der Waals surface area contributed by atoms with Crippen LogP contribution >= 0.6 is 23.2 Å². The summed E-state index contributed by atoms with van der Waals surface area (Å²) < 4.78 is 5.36. The van der Waals surface area contributed by atoms with Gasteiger partial charge in [-0.15, -0.1) is 0 Å². The van der Waals surface area contributed by atoms with Gasteiger partial charge in [0.25, 0.3) is 0 Å². The maximum atomic E-state index is 6.17. The molecule has 0 amide bonds. The third kappa shape index (κ3) is 2.27. The van der Waals surface area contributed by atoms with Gasteiger partial charge in [-0.25, -0.2) is 9.97 Å². The molecular weight excluding hydrogens is 285 g/mol. The van der Waals surface area contributed by atoms with Crippen LogP contribution in [0.2, 0.25) is 10.0 Å². The van der Waals surface area contributed by atoms with Crippen molar-refractivity contribution < 1.29 is 4.74 Å². The highest BCUT2D eigenvalue weighted by atomic mass is 35.5. The van der Waals surface area contributed by atoms with Gasteiger partial charge in [-0.1, -0.05) is 29.3 Å². The Labute approximate surface area is 120 Å². The van der Waals surface area contributed by atoms with Gasteiger partial charge >= 0.3 is 0 Å². The molecule has 3 rings (SSSR count). The zero-order valence-electron chi connectivity index (χ0n) is 9.99. The number of nitrogens with zero attached hydrogens (tertiary/aromatic N) is 2. The van der Waals surface area contributed by atoms with E-state index in [2.05, 4.69) is 9.97 Å². The van der Waals surface area contributed by atoms with Gasteiger partial charge in [-0.3, -0.25) is 0 Å². The Morgan fingerprint density at radius 1 is 1.16 bits per heavy atom. The number of halogens is 2. The van der Waals surface area contributed by atoms with Crippen LogP contribution in [0.4, 0.5) is 5.82 Å². The standard InChI is InChI=1S/C13H11Cl2N3O/c14-8-2-1-3-9(15)11(8)13-17-10-4-5-19-6-7(10)12(16)18-13/h1-3H,4-6H2,(H2,16,17,18). The fourth-order valence-electron chi connectivity index (χ4n) is 2.08. The molecule has 0 atom stereocenters. The number of nitrogen functional groups attached to an aromatic ring is 1. The second-order valence-electron chi connectivity index (χ2n) is 4.26. The van der Waals surface area contributed by atoms with Gasteiger partial charge in [-0.05, 0) is 12.1 Å². The van der Waals surface area contributed by atoms with E-state index in [1.54, 1.807) is 18.2 Å². The third-order valence-corrected chi connectivity index (χ3v) is 3.67. The quantitative estimate of drug-likeness (QED) is 0.878. The zero-order chi connectivity index (χ0) is 13.4. The lowest BCUT2D eigenvalue weighted by atomic mass is 10.1. The highest BCUT2D eigenvalue weighted by Gasteiger charge is 2.19. The largest absolute Gasteiger partial charge is 0.383 e. The van der Waals surface area contributed by atoms with Gasteiger partial charge in [0.15, 0.2) is 5.82 Å². The van der Waals surface area contributed by atoms with Crippen LogP contribution in [0, 0.1) is 0 Å². The van der Waals surface area contributed by atoms with Crippen molar-refractivity contribution >= 4 is 29.0 Å². The van der Waals surface area contributed by atoms with Crippen molar-refractivity contribution in [2.24, 2.45) is 0 Å². The van der Waals surface area contributed by atoms with Crippen LogP contribution in [0.25, 0.3) is 11.4 Å². The Morgan fingerprint density at radius 2 is 1.89 bits per heavy atom. The lowest BCUT2D eigenvalue weighted by Crippen LogP contribution is -2.16. The molecule has 0 spiro atoms. The number of anilines is 1. The first-order valence-electron chi connectivity index (χ1n) is 5.84. The Kier molecular flexibility index (Phi) is 3.31. The van der Waals surface area contributed by atoms with E-state index < -0.39 is 0 Å². The first-order valence-corrected chi connectivity index (χ1v) is 6.60. The molecule has 0 aliphatic carbocycles. The highest BCUT2D eigenvalue weighted by Crippen LogP contribution is 2.34. The molecule has 0 saturated carbocycles. The number of rotatable bonds is 1. The summed E-state index contributed by atoms with van der Waals surface area (Å²) in [4.78, 5) is 8.82. The zero-order valence-corrected chi connectivity index (χ0v) is 11.5. The van der Waals surface area contributed by atoms with E-state index >= 15 is 0 Å². The summed E-state index contributed by atoms with van der Waals surface area (Å²) in [6.45, 7) is 1.09. The number of hydrogen-bond donors (Lipinski definition) is 1. The SMILES string of the molecule is Nc1nc(-c2c(Cl)cccc2Cl)nc2c1COCC2. The molecule has 4 nitrogen and oxygen atoms in total. The van der Waals surface area contributed by atoms with Gasteiger partial charge in [0.2, 0.25) is 0 Å². The number of nitrogens with two attached hydrogens (primary N) is 1. The molecule has 0 bridgehead atoms. The molecule has 6 heteroatoms. The Morgan fingerprint density at radius 3 is 2.63 bits per heavy atom. The van der Waals surface area contributed by atoms with E-state index in [9.17, 15) is 0 Å². The molecule has 0 saturated heterocycles. The minimum Gasteiger partial charge on any atom is -0.383 e. The number of ether oxygens (including phenoxy) is 1. The normalized spacial score (nSPS) is 14.2. The van der Waals surface area contributed by atoms with Crippen molar-refractivity contribution in [3.8, 4) is 11.4 Å². The van der Waals surface area contributed by atoms with Crippen LogP contribution in [0.3, 0.4) is 0 Å². The molecule has 19 heavy (non-hydrogen) atoms. The second-order valence-corrected chi connectivity index (χ2v) is 5.07. The summed E-state index contributed by atoms with van der Waals surface area (Å²) >= 11 is 12.3. The number of aromatic nitrogens is 2. The molecule has 0 fully saturated rings. The first-order chi connectivity index (χ1) is 9.16. The smallest absolute Gasteiger partial charge is 0.164 e. The molecule has 1 aromatic heterocycles. The molecule has 2 heterocycles. The Balaban J connectivity index is 2.19. The molecule has 1 aliphatic rings. The molecule has 98 valence electrons. The lowest BCUT2D eigenvalue weighted by molar-refractivity contribution is 0.109. The van der Waals surface area contributed by atoms with Crippen molar-refractivity contribution in [1.82, 2.24) is 9.97 Å². The maximum Gasteiger partial charge on any atom is 0.164 e. The fourth-order valence-corrected chi connectivity index (χ4v) is 2.65. The third-order valence-electron chi connectivity index (χ3n) is 3.04. The molecule has 2 aromatic rings. The van der Waals surface area contributed by atoms with E-state index in [-0.39, 0.29) is 0 Å². The van der Waals surface area contributed by atoms with Gasteiger partial charge in [0.05, 0.1) is 34.5 Å². The van der Waals surface area contributed by atoms with Crippen molar-refractivity contribution in [1.29, 1.82) is 0 Å². The highest BCUT2D eigenvalue weighted by molar-refractivity contribution is 6.38.